The third-order valence-corrected chi connectivity index (χ3v) is 3.09. The molecule has 0 aliphatic carbocycles. The first-order chi connectivity index (χ1) is 8.49. The summed E-state index contributed by atoms with van der Waals surface area (Å²) in [6.45, 7) is -0.443. The molecule has 0 radical (unpaired) electrons. The van der Waals surface area contributed by atoms with Crippen molar-refractivity contribution < 1.29 is 22.7 Å². The highest BCUT2D eigenvalue weighted by atomic mass is 79.9. The van der Waals surface area contributed by atoms with Crippen LogP contribution in [-0.4, -0.2) is 25.0 Å². The molecule has 1 aromatic rings. The second kappa shape index (κ2) is 5.27. The van der Waals surface area contributed by atoms with Gasteiger partial charge in [-0.05, 0) is 18.2 Å². The van der Waals surface area contributed by atoms with Gasteiger partial charge in [-0.15, -0.1) is 0 Å². The molecule has 2 atom stereocenters. The van der Waals surface area contributed by atoms with Crippen molar-refractivity contribution >= 4 is 21.8 Å². The summed E-state index contributed by atoms with van der Waals surface area (Å²) < 4.78 is 44.6. The van der Waals surface area contributed by atoms with Gasteiger partial charge in [-0.3, -0.25) is 4.79 Å². The number of hydrogen-bond donors (Lipinski definition) is 1. The van der Waals surface area contributed by atoms with Gasteiger partial charge >= 0.3 is 0 Å². The summed E-state index contributed by atoms with van der Waals surface area (Å²) in [5.74, 6) is -1.21. The van der Waals surface area contributed by atoms with Crippen molar-refractivity contribution in [1.82, 2.24) is 5.32 Å². The van der Waals surface area contributed by atoms with Crippen molar-refractivity contribution in [2.24, 2.45) is 0 Å². The van der Waals surface area contributed by atoms with Crippen LogP contribution in [0.1, 0.15) is 11.6 Å². The first-order valence-electron chi connectivity index (χ1n) is 5.13. The SMILES string of the molecule is O=C1COC(C(F)F)C(c2cc(Br)ccc2F)N1. The maximum absolute atomic E-state index is 13.6. The van der Waals surface area contributed by atoms with E-state index in [0.29, 0.717) is 4.47 Å². The number of halogens is 4. The van der Waals surface area contributed by atoms with E-state index in [0.717, 1.165) is 6.07 Å². The zero-order valence-corrected chi connectivity index (χ0v) is 10.6. The van der Waals surface area contributed by atoms with Crippen LogP contribution in [0, 0.1) is 5.82 Å². The van der Waals surface area contributed by atoms with Crippen molar-refractivity contribution in [2.45, 2.75) is 18.6 Å². The Balaban J connectivity index is 2.37. The molecular weight excluding hydrogens is 315 g/mol. The fraction of sp³-hybridized carbons (Fsp3) is 0.364. The molecule has 1 aliphatic heterocycles. The van der Waals surface area contributed by atoms with Crippen LogP contribution in [0.2, 0.25) is 0 Å². The van der Waals surface area contributed by atoms with Crippen molar-refractivity contribution in [3.8, 4) is 0 Å². The molecule has 1 heterocycles. The molecule has 0 bridgehead atoms. The molecule has 1 saturated heterocycles. The molecule has 3 nitrogen and oxygen atoms in total. The molecule has 18 heavy (non-hydrogen) atoms. The normalized spacial score (nSPS) is 24.2. The van der Waals surface area contributed by atoms with Crippen LogP contribution >= 0.6 is 15.9 Å². The first-order valence-corrected chi connectivity index (χ1v) is 5.92. The van der Waals surface area contributed by atoms with Gasteiger partial charge in [0.15, 0.2) is 0 Å². The zero-order valence-electron chi connectivity index (χ0n) is 9.00. The van der Waals surface area contributed by atoms with Crippen LogP contribution in [0.15, 0.2) is 22.7 Å². The molecule has 7 heteroatoms. The number of carbonyl (C=O) groups excluding carboxylic acids is 1. The Morgan fingerprint density at radius 3 is 2.83 bits per heavy atom. The lowest BCUT2D eigenvalue weighted by atomic mass is 9.99. The van der Waals surface area contributed by atoms with Gasteiger partial charge < -0.3 is 10.1 Å². The Hall–Kier alpha value is -1.08. The number of carbonyl (C=O) groups is 1. The summed E-state index contributed by atoms with van der Waals surface area (Å²) in [5, 5.41) is 2.33. The van der Waals surface area contributed by atoms with Gasteiger partial charge in [0.1, 0.15) is 18.5 Å². The highest BCUT2D eigenvalue weighted by Crippen LogP contribution is 2.30. The second-order valence-electron chi connectivity index (χ2n) is 3.82. The molecule has 1 fully saturated rings. The minimum Gasteiger partial charge on any atom is -0.360 e. The molecule has 0 aromatic heterocycles. The standard InChI is InChI=1S/C11H9BrF3NO2/c12-5-1-2-7(13)6(3-5)9-10(11(14)15)18-4-8(17)16-9/h1-3,9-11H,4H2,(H,16,17). The van der Waals surface area contributed by atoms with E-state index < -0.39 is 36.9 Å². The van der Waals surface area contributed by atoms with Crippen LogP contribution < -0.4 is 5.32 Å². The highest BCUT2D eigenvalue weighted by molar-refractivity contribution is 9.10. The van der Waals surface area contributed by atoms with Crippen LogP contribution in [0.3, 0.4) is 0 Å². The molecule has 1 aromatic carbocycles. The Labute approximate surface area is 109 Å². The summed E-state index contributed by atoms with van der Waals surface area (Å²) in [4.78, 5) is 11.2. The summed E-state index contributed by atoms with van der Waals surface area (Å²) in [5.41, 5.74) is -0.0253. The van der Waals surface area contributed by atoms with Crippen LogP contribution in [-0.2, 0) is 9.53 Å². The maximum atomic E-state index is 13.6. The van der Waals surface area contributed by atoms with Crippen molar-refractivity contribution in [1.29, 1.82) is 0 Å². The Kier molecular flexibility index (Phi) is 3.91. The minimum atomic E-state index is -2.81. The Morgan fingerprint density at radius 1 is 1.44 bits per heavy atom. The van der Waals surface area contributed by atoms with Gasteiger partial charge in [0, 0.05) is 10.0 Å². The minimum absolute atomic E-state index is 0.0253. The van der Waals surface area contributed by atoms with Gasteiger partial charge in [0.25, 0.3) is 6.43 Å². The second-order valence-corrected chi connectivity index (χ2v) is 4.74. The number of nitrogens with one attached hydrogen (secondary N) is 1. The predicted octanol–water partition coefficient (Wildman–Crippen LogP) is 2.41. The third kappa shape index (κ3) is 2.67. The summed E-state index contributed by atoms with van der Waals surface area (Å²) >= 11 is 3.13. The van der Waals surface area contributed by atoms with E-state index in [1.54, 1.807) is 0 Å². The molecular formula is C11H9BrF3NO2. The van der Waals surface area contributed by atoms with E-state index in [-0.39, 0.29) is 5.56 Å². The number of hydrogen-bond acceptors (Lipinski definition) is 2. The van der Waals surface area contributed by atoms with Gasteiger partial charge in [0.05, 0.1) is 6.04 Å². The predicted molar refractivity (Wildman–Crippen MR) is 60.7 cm³/mol. The molecule has 1 N–H and O–H groups in total. The lowest BCUT2D eigenvalue weighted by Gasteiger charge is -2.32. The Bertz CT molecular complexity index is 470. The molecule has 0 saturated carbocycles. The van der Waals surface area contributed by atoms with E-state index in [2.05, 4.69) is 21.2 Å². The van der Waals surface area contributed by atoms with Gasteiger partial charge in [-0.2, -0.15) is 0 Å². The molecule has 2 unspecified atom stereocenters. The summed E-state index contributed by atoms with van der Waals surface area (Å²) in [7, 11) is 0. The van der Waals surface area contributed by atoms with Gasteiger partial charge in [0.2, 0.25) is 5.91 Å². The number of morpholine rings is 1. The number of rotatable bonds is 2. The fourth-order valence-electron chi connectivity index (χ4n) is 1.79. The number of alkyl halides is 2. The van der Waals surface area contributed by atoms with E-state index >= 15 is 0 Å². The monoisotopic (exact) mass is 323 g/mol. The average molecular weight is 324 g/mol. The number of amides is 1. The van der Waals surface area contributed by atoms with Gasteiger partial charge in [-0.25, -0.2) is 13.2 Å². The number of ether oxygens (including phenoxy) is 1. The first kappa shape index (κ1) is 13.4. The van der Waals surface area contributed by atoms with Crippen molar-refractivity contribution in [3.05, 3.63) is 34.1 Å². The summed E-state index contributed by atoms with van der Waals surface area (Å²) in [6, 6.07) is 2.75. The average Bonchev–Trinajstić information content (AvgIpc) is 2.31. The lowest BCUT2D eigenvalue weighted by molar-refractivity contribution is -0.147. The maximum Gasteiger partial charge on any atom is 0.266 e. The quantitative estimate of drug-likeness (QED) is 0.907. The fourth-order valence-corrected chi connectivity index (χ4v) is 2.17. The largest absolute Gasteiger partial charge is 0.360 e. The van der Waals surface area contributed by atoms with Crippen LogP contribution in [0.4, 0.5) is 13.2 Å². The smallest absolute Gasteiger partial charge is 0.266 e. The van der Waals surface area contributed by atoms with E-state index in [1.165, 1.54) is 12.1 Å². The van der Waals surface area contributed by atoms with Crippen LogP contribution in [0.5, 0.6) is 0 Å². The van der Waals surface area contributed by atoms with Crippen LogP contribution in [0.25, 0.3) is 0 Å². The van der Waals surface area contributed by atoms with E-state index in [4.69, 9.17) is 4.74 Å². The lowest BCUT2D eigenvalue weighted by Crippen LogP contribution is -2.49. The van der Waals surface area contributed by atoms with E-state index in [9.17, 15) is 18.0 Å². The van der Waals surface area contributed by atoms with E-state index in [1.807, 2.05) is 0 Å². The molecule has 1 amide bonds. The summed E-state index contributed by atoms with van der Waals surface area (Å²) in [6.07, 6.45) is -4.36. The highest BCUT2D eigenvalue weighted by Gasteiger charge is 2.38. The molecule has 0 spiro atoms. The Morgan fingerprint density at radius 2 is 2.17 bits per heavy atom. The van der Waals surface area contributed by atoms with Gasteiger partial charge in [-0.1, -0.05) is 15.9 Å². The van der Waals surface area contributed by atoms with Crippen molar-refractivity contribution in [2.75, 3.05) is 6.61 Å². The molecule has 2 rings (SSSR count). The molecule has 98 valence electrons. The zero-order chi connectivity index (χ0) is 13.3. The number of benzene rings is 1. The third-order valence-electron chi connectivity index (χ3n) is 2.59. The topological polar surface area (TPSA) is 38.3 Å². The molecule has 1 aliphatic rings. The van der Waals surface area contributed by atoms with Crippen molar-refractivity contribution in [3.63, 3.8) is 0 Å².